The van der Waals surface area contributed by atoms with E-state index < -0.39 is 0 Å². The van der Waals surface area contributed by atoms with Gasteiger partial charge in [0.2, 0.25) is 5.91 Å². The summed E-state index contributed by atoms with van der Waals surface area (Å²) < 4.78 is 0. The fourth-order valence-corrected chi connectivity index (χ4v) is 2.17. The van der Waals surface area contributed by atoms with E-state index in [9.17, 15) is 4.79 Å². The van der Waals surface area contributed by atoms with Gasteiger partial charge in [-0.25, -0.2) is 0 Å². The second-order valence-corrected chi connectivity index (χ2v) is 5.10. The molecule has 1 aromatic rings. The Balaban J connectivity index is 2.13. The van der Waals surface area contributed by atoms with Gasteiger partial charge in [0, 0.05) is 6.54 Å². The smallest absolute Gasteiger partial charge is 0.237 e. The van der Waals surface area contributed by atoms with E-state index >= 15 is 0 Å². The zero-order valence-electron chi connectivity index (χ0n) is 10.7. The zero-order valence-corrected chi connectivity index (χ0v) is 10.7. The SMILES string of the molecule is Cc1ccc(C2CNC(=O)C(C(C)C)N2)cc1. The summed E-state index contributed by atoms with van der Waals surface area (Å²) in [4.78, 5) is 11.7. The molecule has 0 aromatic heterocycles. The Kier molecular flexibility index (Phi) is 3.48. The number of hydrogen-bond donors (Lipinski definition) is 2. The summed E-state index contributed by atoms with van der Waals surface area (Å²) in [7, 11) is 0. The first kappa shape index (κ1) is 12.1. The molecule has 1 fully saturated rings. The Morgan fingerprint density at radius 1 is 1.24 bits per heavy atom. The molecule has 0 aliphatic carbocycles. The first-order valence-electron chi connectivity index (χ1n) is 6.18. The van der Waals surface area contributed by atoms with Gasteiger partial charge in [0.1, 0.15) is 0 Å². The summed E-state index contributed by atoms with van der Waals surface area (Å²) in [6, 6.07) is 8.61. The molecule has 2 atom stereocenters. The highest BCUT2D eigenvalue weighted by atomic mass is 16.2. The lowest BCUT2D eigenvalue weighted by Crippen LogP contribution is -2.56. The van der Waals surface area contributed by atoms with Crippen molar-refractivity contribution >= 4 is 5.91 Å². The summed E-state index contributed by atoms with van der Waals surface area (Å²) in [6.07, 6.45) is 0. The molecule has 2 N–H and O–H groups in total. The number of carbonyl (C=O) groups is 1. The van der Waals surface area contributed by atoms with Crippen LogP contribution in [0.5, 0.6) is 0 Å². The molecule has 2 rings (SSSR count). The van der Waals surface area contributed by atoms with Crippen molar-refractivity contribution in [1.29, 1.82) is 0 Å². The van der Waals surface area contributed by atoms with Crippen LogP contribution in [0, 0.1) is 12.8 Å². The van der Waals surface area contributed by atoms with Crippen molar-refractivity contribution in [3.63, 3.8) is 0 Å². The lowest BCUT2D eigenvalue weighted by atomic mass is 9.96. The first-order chi connectivity index (χ1) is 8.08. The fourth-order valence-electron chi connectivity index (χ4n) is 2.17. The highest BCUT2D eigenvalue weighted by molar-refractivity contribution is 5.83. The molecule has 92 valence electrons. The molecule has 3 nitrogen and oxygen atoms in total. The number of piperazine rings is 1. The lowest BCUT2D eigenvalue weighted by molar-refractivity contribution is -0.126. The van der Waals surface area contributed by atoms with Crippen LogP contribution in [-0.2, 0) is 4.79 Å². The van der Waals surface area contributed by atoms with Crippen molar-refractivity contribution in [1.82, 2.24) is 10.6 Å². The molecule has 1 amide bonds. The van der Waals surface area contributed by atoms with Crippen molar-refractivity contribution in [3.05, 3.63) is 35.4 Å². The van der Waals surface area contributed by atoms with Crippen molar-refractivity contribution < 1.29 is 4.79 Å². The average molecular weight is 232 g/mol. The molecular formula is C14H20N2O. The molecular weight excluding hydrogens is 212 g/mol. The number of rotatable bonds is 2. The minimum Gasteiger partial charge on any atom is -0.353 e. The third kappa shape index (κ3) is 2.67. The minimum atomic E-state index is -0.0879. The topological polar surface area (TPSA) is 41.1 Å². The second kappa shape index (κ2) is 4.88. The number of nitrogens with one attached hydrogen (secondary N) is 2. The number of benzene rings is 1. The van der Waals surface area contributed by atoms with E-state index in [0.29, 0.717) is 12.5 Å². The molecule has 1 aromatic carbocycles. The van der Waals surface area contributed by atoms with Crippen LogP contribution in [-0.4, -0.2) is 18.5 Å². The maximum absolute atomic E-state index is 11.7. The molecule has 2 unspecified atom stereocenters. The molecule has 1 saturated heterocycles. The van der Waals surface area contributed by atoms with Gasteiger partial charge in [-0.2, -0.15) is 0 Å². The normalized spacial score (nSPS) is 24.8. The van der Waals surface area contributed by atoms with Crippen molar-refractivity contribution in [2.24, 2.45) is 5.92 Å². The van der Waals surface area contributed by atoms with Crippen LogP contribution in [0.2, 0.25) is 0 Å². The molecule has 0 radical (unpaired) electrons. The summed E-state index contributed by atoms with van der Waals surface area (Å²) in [6.45, 7) is 6.88. The van der Waals surface area contributed by atoms with Crippen LogP contribution in [0.4, 0.5) is 0 Å². The van der Waals surface area contributed by atoms with Crippen LogP contribution < -0.4 is 10.6 Å². The van der Waals surface area contributed by atoms with Gasteiger partial charge in [-0.1, -0.05) is 43.7 Å². The molecule has 3 heteroatoms. The van der Waals surface area contributed by atoms with Gasteiger partial charge >= 0.3 is 0 Å². The third-order valence-electron chi connectivity index (χ3n) is 3.29. The molecule has 17 heavy (non-hydrogen) atoms. The van der Waals surface area contributed by atoms with Gasteiger partial charge in [-0.15, -0.1) is 0 Å². The molecule has 1 aliphatic heterocycles. The molecule has 0 spiro atoms. The molecule has 0 saturated carbocycles. The zero-order chi connectivity index (χ0) is 12.4. The molecule has 0 bridgehead atoms. The van der Waals surface area contributed by atoms with Crippen LogP contribution in [0.25, 0.3) is 0 Å². The summed E-state index contributed by atoms with van der Waals surface area (Å²) in [5, 5.41) is 6.40. The van der Waals surface area contributed by atoms with E-state index in [2.05, 4.69) is 55.7 Å². The monoisotopic (exact) mass is 232 g/mol. The molecule has 1 heterocycles. The van der Waals surface area contributed by atoms with E-state index in [1.54, 1.807) is 0 Å². The van der Waals surface area contributed by atoms with Gasteiger partial charge in [0.25, 0.3) is 0 Å². The number of amides is 1. The maximum atomic E-state index is 11.7. The highest BCUT2D eigenvalue weighted by Gasteiger charge is 2.30. The van der Waals surface area contributed by atoms with Crippen molar-refractivity contribution in [2.45, 2.75) is 32.9 Å². The Morgan fingerprint density at radius 3 is 2.47 bits per heavy atom. The van der Waals surface area contributed by atoms with E-state index in [1.165, 1.54) is 11.1 Å². The summed E-state index contributed by atoms with van der Waals surface area (Å²) >= 11 is 0. The van der Waals surface area contributed by atoms with Gasteiger partial charge < -0.3 is 5.32 Å². The Bertz CT molecular complexity index is 397. The Labute approximate surface area is 103 Å². The minimum absolute atomic E-state index is 0.0879. The quantitative estimate of drug-likeness (QED) is 0.816. The summed E-state index contributed by atoms with van der Waals surface area (Å²) in [5.41, 5.74) is 2.50. The third-order valence-corrected chi connectivity index (χ3v) is 3.29. The van der Waals surface area contributed by atoms with E-state index in [-0.39, 0.29) is 18.0 Å². The van der Waals surface area contributed by atoms with Crippen LogP contribution in [0.3, 0.4) is 0 Å². The van der Waals surface area contributed by atoms with Gasteiger partial charge in [-0.3, -0.25) is 10.1 Å². The van der Waals surface area contributed by atoms with Gasteiger partial charge in [0.05, 0.1) is 12.1 Å². The Hall–Kier alpha value is -1.35. The highest BCUT2D eigenvalue weighted by Crippen LogP contribution is 2.18. The van der Waals surface area contributed by atoms with Crippen LogP contribution in [0.15, 0.2) is 24.3 Å². The van der Waals surface area contributed by atoms with Crippen molar-refractivity contribution in [2.75, 3.05) is 6.54 Å². The van der Waals surface area contributed by atoms with E-state index in [0.717, 1.165) is 0 Å². The number of carbonyl (C=O) groups excluding carboxylic acids is 1. The average Bonchev–Trinajstić information content (AvgIpc) is 2.30. The predicted octanol–water partition coefficient (Wildman–Crippen LogP) is 1.78. The predicted molar refractivity (Wildman–Crippen MR) is 68.7 cm³/mol. The number of aryl methyl sites for hydroxylation is 1. The number of hydrogen-bond acceptors (Lipinski definition) is 2. The van der Waals surface area contributed by atoms with Gasteiger partial charge in [-0.05, 0) is 18.4 Å². The van der Waals surface area contributed by atoms with E-state index in [4.69, 9.17) is 0 Å². The van der Waals surface area contributed by atoms with E-state index in [1.807, 2.05) is 0 Å². The summed E-state index contributed by atoms with van der Waals surface area (Å²) in [5.74, 6) is 0.423. The standard InChI is InChI=1S/C14H20N2O/c1-9(2)13-14(17)15-8-12(16-13)11-6-4-10(3)5-7-11/h4-7,9,12-13,16H,8H2,1-3H3,(H,15,17). The first-order valence-corrected chi connectivity index (χ1v) is 6.18. The molecule has 1 aliphatic rings. The maximum Gasteiger partial charge on any atom is 0.237 e. The lowest BCUT2D eigenvalue weighted by Gasteiger charge is -2.33. The fraction of sp³-hybridized carbons (Fsp3) is 0.500. The largest absolute Gasteiger partial charge is 0.353 e. The second-order valence-electron chi connectivity index (χ2n) is 5.10. The van der Waals surface area contributed by atoms with Crippen molar-refractivity contribution in [3.8, 4) is 0 Å². The van der Waals surface area contributed by atoms with Crippen LogP contribution in [0.1, 0.15) is 31.0 Å². The Morgan fingerprint density at radius 2 is 1.88 bits per heavy atom. The van der Waals surface area contributed by atoms with Gasteiger partial charge in [0.15, 0.2) is 0 Å². The van der Waals surface area contributed by atoms with Crippen LogP contribution >= 0.6 is 0 Å².